The SMILES string of the molecule is CCCOCCC(=O)N1CCN(C(CCC)C(N)=S)CC1. The molecule has 0 saturated carbocycles. The fourth-order valence-electron chi connectivity index (χ4n) is 2.63. The Kier molecular flexibility index (Phi) is 8.80. The molecule has 1 heterocycles. The highest BCUT2D eigenvalue weighted by Crippen LogP contribution is 2.12. The van der Waals surface area contributed by atoms with E-state index in [1.54, 1.807) is 0 Å². The summed E-state index contributed by atoms with van der Waals surface area (Å²) < 4.78 is 5.38. The van der Waals surface area contributed by atoms with Crippen molar-refractivity contribution in [3.63, 3.8) is 0 Å². The highest BCUT2D eigenvalue weighted by molar-refractivity contribution is 7.80. The molecule has 2 N–H and O–H groups in total. The molecule has 1 rings (SSSR count). The van der Waals surface area contributed by atoms with E-state index >= 15 is 0 Å². The first kappa shape index (κ1) is 18.3. The van der Waals surface area contributed by atoms with Crippen LogP contribution in [-0.4, -0.2) is 66.1 Å². The van der Waals surface area contributed by atoms with Gasteiger partial charge in [-0.05, 0) is 12.8 Å². The fraction of sp³-hybridized carbons (Fsp3) is 0.867. The van der Waals surface area contributed by atoms with Crippen LogP contribution in [-0.2, 0) is 9.53 Å². The lowest BCUT2D eigenvalue weighted by molar-refractivity contribution is -0.134. The van der Waals surface area contributed by atoms with Crippen molar-refractivity contribution in [2.45, 2.75) is 45.6 Å². The summed E-state index contributed by atoms with van der Waals surface area (Å²) >= 11 is 5.17. The van der Waals surface area contributed by atoms with Gasteiger partial charge in [0.25, 0.3) is 0 Å². The highest BCUT2D eigenvalue weighted by atomic mass is 32.1. The Morgan fingerprint density at radius 1 is 1.19 bits per heavy atom. The van der Waals surface area contributed by atoms with Crippen molar-refractivity contribution in [3.8, 4) is 0 Å². The maximum Gasteiger partial charge on any atom is 0.224 e. The first-order chi connectivity index (χ1) is 10.1. The Morgan fingerprint density at radius 3 is 2.38 bits per heavy atom. The van der Waals surface area contributed by atoms with Gasteiger partial charge in [-0.1, -0.05) is 32.5 Å². The minimum atomic E-state index is 0.176. The molecule has 0 aromatic heterocycles. The number of piperazine rings is 1. The van der Waals surface area contributed by atoms with Crippen molar-refractivity contribution in [3.05, 3.63) is 0 Å². The molecule has 6 heteroatoms. The van der Waals surface area contributed by atoms with Crippen molar-refractivity contribution >= 4 is 23.1 Å². The molecule has 1 unspecified atom stereocenters. The Bertz CT molecular complexity index is 331. The second kappa shape index (κ2) is 10.1. The fourth-order valence-corrected chi connectivity index (χ4v) is 2.89. The number of nitrogens with zero attached hydrogens (tertiary/aromatic N) is 2. The van der Waals surface area contributed by atoms with Gasteiger partial charge in [0, 0.05) is 32.8 Å². The van der Waals surface area contributed by atoms with Crippen LogP contribution in [0.4, 0.5) is 0 Å². The van der Waals surface area contributed by atoms with Crippen LogP contribution in [0.3, 0.4) is 0 Å². The predicted molar refractivity (Wildman–Crippen MR) is 89.4 cm³/mol. The number of nitrogens with two attached hydrogens (primary N) is 1. The van der Waals surface area contributed by atoms with Gasteiger partial charge in [0.05, 0.1) is 24.1 Å². The van der Waals surface area contributed by atoms with E-state index in [9.17, 15) is 4.79 Å². The summed E-state index contributed by atoms with van der Waals surface area (Å²) in [6.07, 6.45) is 3.53. The summed E-state index contributed by atoms with van der Waals surface area (Å²) in [6, 6.07) is 0.176. The molecule has 1 amide bonds. The topological polar surface area (TPSA) is 58.8 Å². The molecule has 1 saturated heterocycles. The summed E-state index contributed by atoms with van der Waals surface area (Å²) in [6.45, 7) is 8.68. The van der Waals surface area contributed by atoms with Gasteiger partial charge < -0.3 is 15.4 Å². The Hall–Kier alpha value is -0.720. The van der Waals surface area contributed by atoms with Crippen molar-refractivity contribution in [1.29, 1.82) is 0 Å². The quantitative estimate of drug-likeness (QED) is 0.515. The van der Waals surface area contributed by atoms with Crippen LogP contribution in [0.5, 0.6) is 0 Å². The molecule has 5 nitrogen and oxygen atoms in total. The molecule has 122 valence electrons. The van der Waals surface area contributed by atoms with Crippen LogP contribution in [0.25, 0.3) is 0 Å². The molecule has 1 aliphatic heterocycles. The zero-order valence-electron chi connectivity index (χ0n) is 13.3. The zero-order chi connectivity index (χ0) is 15.7. The number of thiocarbonyl (C=S) groups is 1. The lowest BCUT2D eigenvalue weighted by atomic mass is 10.1. The summed E-state index contributed by atoms with van der Waals surface area (Å²) in [5, 5.41) is 0. The number of rotatable bonds is 9. The number of amides is 1. The molecule has 0 bridgehead atoms. The van der Waals surface area contributed by atoms with Gasteiger partial charge >= 0.3 is 0 Å². The van der Waals surface area contributed by atoms with Crippen LogP contribution < -0.4 is 5.73 Å². The van der Waals surface area contributed by atoms with Gasteiger partial charge in [-0.2, -0.15) is 0 Å². The van der Waals surface area contributed by atoms with E-state index in [-0.39, 0.29) is 11.9 Å². The maximum absolute atomic E-state index is 12.1. The second-order valence-electron chi connectivity index (χ2n) is 5.49. The number of carbonyl (C=O) groups excluding carboxylic acids is 1. The lowest BCUT2D eigenvalue weighted by Crippen LogP contribution is -2.54. The molecule has 1 fully saturated rings. The number of hydrogen-bond donors (Lipinski definition) is 1. The zero-order valence-corrected chi connectivity index (χ0v) is 14.2. The summed E-state index contributed by atoms with van der Waals surface area (Å²) in [5.74, 6) is 0.188. The van der Waals surface area contributed by atoms with E-state index in [0.717, 1.165) is 52.0 Å². The van der Waals surface area contributed by atoms with Crippen LogP contribution in [0, 0.1) is 0 Å². The average Bonchev–Trinajstić information content (AvgIpc) is 2.49. The molecule has 1 aliphatic rings. The van der Waals surface area contributed by atoms with Crippen molar-refractivity contribution in [2.75, 3.05) is 39.4 Å². The third-order valence-electron chi connectivity index (χ3n) is 3.81. The summed E-state index contributed by atoms with van der Waals surface area (Å²) in [7, 11) is 0. The minimum Gasteiger partial charge on any atom is -0.392 e. The number of hydrogen-bond acceptors (Lipinski definition) is 4. The van der Waals surface area contributed by atoms with Crippen molar-refractivity contribution in [1.82, 2.24) is 9.80 Å². The van der Waals surface area contributed by atoms with Crippen molar-refractivity contribution < 1.29 is 9.53 Å². The third kappa shape index (κ3) is 6.28. The lowest BCUT2D eigenvalue weighted by Gasteiger charge is -2.39. The molecule has 21 heavy (non-hydrogen) atoms. The van der Waals surface area contributed by atoms with E-state index in [2.05, 4.69) is 18.7 Å². The Labute approximate surface area is 133 Å². The average molecular weight is 315 g/mol. The minimum absolute atomic E-state index is 0.176. The highest BCUT2D eigenvalue weighted by Gasteiger charge is 2.26. The molecular weight excluding hydrogens is 286 g/mol. The maximum atomic E-state index is 12.1. The van der Waals surface area contributed by atoms with Crippen LogP contribution >= 0.6 is 12.2 Å². The monoisotopic (exact) mass is 315 g/mol. The van der Waals surface area contributed by atoms with Crippen LogP contribution in [0.1, 0.15) is 39.5 Å². The molecule has 0 radical (unpaired) electrons. The summed E-state index contributed by atoms with van der Waals surface area (Å²) in [4.78, 5) is 16.9. The normalized spacial score (nSPS) is 17.7. The van der Waals surface area contributed by atoms with Gasteiger partial charge in [0.1, 0.15) is 0 Å². The Morgan fingerprint density at radius 2 is 1.86 bits per heavy atom. The number of carbonyl (C=O) groups is 1. The standard InChI is InChI=1S/C15H29N3O2S/c1-3-5-13(15(16)21)17-7-9-18(10-8-17)14(19)6-12-20-11-4-2/h13H,3-12H2,1-2H3,(H2,16,21). The first-order valence-electron chi connectivity index (χ1n) is 7.99. The van der Waals surface area contributed by atoms with Gasteiger partial charge in [-0.15, -0.1) is 0 Å². The van der Waals surface area contributed by atoms with Crippen molar-refractivity contribution in [2.24, 2.45) is 5.73 Å². The van der Waals surface area contributed by atoms with E-state index < -0.39 is 0 Å². The van der Waals surface area contributed by atoms with E-state index in [0.29, 0.717) is 18.0 Å². The van der Waals surface area contributed by atoms with E-state index in [1.807, 2.05) is 4.90 Å². The smallest absolute Gasteiger partial charge is 0.224 e. The number of ether oxygens (including phenoxy) is 1. The molecule has 0 spiro atoms. The van der Waals surface area contributed by atoms with Gasteiger partial charge in [-0.3, -0.25) is 9.69 Å². The summed E-state index contributed by atoms with van der Waals surface area (Å²) in [5.41, 5.74) is 5.83. The van der Waals surface area contributed by atoms with Crippen LogP contribution in [0.2, 0.25) is 0 Å². The van der Waals surface area contributed by atoms with Crippen LogP contribution in [0.15, 0.2) is 0 Å². The molecular formula is C15H29N3O2S. The molecule has 0 aromatic carbocycles. The molecule has 0 aliphatic carbocycles. The molecule has 0 aromatic rings. The molecule has 1 atom stereocenters. The second-order valence-corrected chi connectivity index (χ2v) is 5.96. The Balaban J connectivity index is 2.33. The van der Waals surface area contributed by atoms with E-state index in [4.69, 9.17) is 22.7 Å². The third-order valence-corrected chi connectivity index (χ3v) is 4.08. The van der Waals surface area contributed by atoms with E-state index in [1.165, 1.54) is 0 Å². The largest absolute Gasteiger partial charge is 0.392 e. The first-order valence-corrected chi connectivity index (χ1v) is 8.39. The van der Waals surface area contributed by atoms with Gasteiger partial charge in [0.15, 0.2) is 0 Å². The van der Waals surface area contributed by atoms with Gasteiger partial charge in [0.2, 0.25) is 5.91 Å². The van der Waals surface area contributed by atoms with Gasteiger partial charge in [-0.25, -0.2) is 0 Å². The predicted octanol–water partition coefficient (Wildman–Crippen LogP) is 1.40.